The third-order valence-corrected chi connectivity index (χ3v) is 4.22. The minimum Gasteiger partial charge on any atom is -0.493 e. The Bertz CT molecular complexity index is 714. The smallest absolute Gasteiger partial charge is 0.191 e. The van der Waals surface area contributed by atoms with E-state index in [-0.39, 0.29) is 30.0 Å². The number of nitrogens with one attached hydrogen (secondary N) is 2. The molecule has 0 aliphatic heterocycles. The van der Waals surface area contributed by atoms with Crippen LogP contribution in [0, 0.1) is 12.8 Å². The van der Waals surface area contributed by atoms with Gasteiger partial charge >= 0.3 is 0 Å². The molecule has 2 N–H and O–H groups in total. The first-order chi connectivity index (χ1) is 13.0. The van der Waals surface area contributed by atoms with E-state index in [1.807, 2.05) is 31.3 Å². The van der Waals surface area contributed by atoms with Crippen LogP contribution in [0.4, 0.5) is 0 Å². The standard InChI is InChI=1S/C22H32N4O.HI/c1-16(2)15-27-21-10-8-20(9-11-21)18(4)26-22(23-5)24-13-12-19-7-6-17(3)25-14-19;/h6-11,14,16,18H,12-13,15H2,1-5H3,(H2,23,24,26);1H. The molecule has 28 heavy (non-hydrogen) atoms. The molecular formula is C22H33IN4O. The van der Waals surface area contributed by atoms with Crippen molar-refractivity contribution >= 4 is 29.9 Å². The first-order valence-electron chi connectivity index (χ1n) is 9.59. The fourth-order valence-electron chi connectivity index (χ4n) is 2.57. The van der Waals surface area contributed by atoms with Gasteiger partial charge < -0.3 is 15.4 Å². The molecule has 1 heterocycles. The fourth-order valence-corrected chi connectivity index (χ4v) is 2.57. The highest BCUT2D eigenvalue weighted by atomic mass is 127. The van der Waals surface area contributed by atoms with Gasteiger partial charge in [-0.25, -0.2) is 0 Å². The van der Waals surface area contributed by atoms with Crippen LogP contribution in [0.25, 0.3) is 0 Å². The Morgan fingerprint density at radius 1 is 1.11 bits per heavy atom. The van der Waals surface area contributed by atoms with E-state index in [1.165, 1.54) is 11.1 Å². The number of guanidine groups is 1. The first kappa shape index (κ1) is 24.2. The zero-order chi connectivity index (χ0) is 19.6. The van der Waals surface area contributed by atoms with Gasteiger partial charge in [-0.3, -0.25) is 9.98 Å². The molecule has 1 aromatic carbocycles. The molecule has 5 nitrogen and oxygen atoms in total. The molecule has 0 fully saturated rings. The zero-order valence-corrected chi connectivity index (χ0v) is 19.9. The molecule has 0 aliphatic rings. The van der Waals surface area contributed by atoms with Crippen LogP contribution in [0.2, 0.25) is 0 Å². The normalized spacial score (nSPS) is 12.3. The number of aromatic nitrogens is 1. The number of hydrogen-bond donors (Lipinski definition) is 2. The Labute approximate surface area is 186 Å². The molecule has 0 radical (unpaired) electrons. The summed E-state index contributed by atoms with van der Waals surface area (Å²) in [5.74, 6) is 2.23. The Hall–Kier alpha value is -1.83. The van der Waals surface area contributed by atoms with Gasteiger partial charge in [0.2, 0.25) is 0 Å². The van der Waals surface area contributed by atoms with Gasteiger partial charge in [-0.2, -0.15) is 0 Å². The molecule has 0 bridgehead atoms. The average molecular weight is 496 g/mol. The average Bonchev–Trinajstić information content (AvgIpc) is 2.67. The van der Waals surface area contributed by atoms with E-state index >= 15 is 0 Å². The van der Waals surface area contributed by atoms with E-state index in [9.17, 15) is 0 Å². The number of halogens is 1. The van der Waals surface area contributed by atoms with Gasteiger partial charge in [0.15, 0.2) is 5.96 Å². The maximum absolute atomic E-state index is 5.75. The van der Waals surface area contributed by atoms with Gasteiger partial charge in [0.05, 0.1) is 12.6 Å². The summed E-state index contributed by atoms with van der Waals surface area (Å²) in [5.41, 5.74) is 3.45. The van der Waals surface area contributed by atoms with E-state index in [1.54, 1.807) is 7.05 Å². The highest BCUT2D eigenvalue weighted by Crippen LogP contribution is 2.18. The summed E-state index contributed by atoms with van der Waals surface area (Å²) in [5, 5.41) is 6.79. The summed E-state index contributed by atoms with van der Waals surface area (Å²) in [7, 11) is 1.79. The summed E-state index contributed by atoms with van der Waals surface area (Å²) >= 11 is 0. The van der Waals surface area contributed by atoms with Crippen LogP contribution in [-0.2, 0) is 6.42 Å². The van der Waals surface area contributed by atoms with Crippen molar-refractivity contribution in [3.8, 4) is 5.75 Å². The molecule has 1 atom stereocenters. The molecule has 1 aromatic heterocycles. The largest absolute Gasteiger partial charge is 0.493 e. The van der Waals surface area contributed by atoms with Crippen molar-refractivity contribution in [2.45, 2.75) is 40.2 Å². The monoisotopic (exact) mass is 496 g/mol. The molecular weight excluding hydrogens is 463 g/mol. The van der Waals surface area contributed by atoms with Crippen molar-refractivity contribution in [3.63, 3.8) is 0 Å². The fraction of sp³-hybridized carbons (Fsp3) is 0.455. The second kappa shape index (κ2) is 12.6. The molecule has 0 saturated carbocycles. The Morgan fingerprint density at radius 3 is 2.39 bits per heavy atom. The molecule has 6 heteroatoms. The van der Waals surface area contributed by atoms with Crippen molar-refractivity contribution in [3.05, 3.63) is 59.4 Å². The number of benzene rings is 1. The number of hydrogen-bond acceptors (Lipinski definition) is 3. The lowest BCUT2D eigenvalue weighted by molar-refractivity contribution is 0.271. The van der Waals surface area contributed by atoms with E-state index in [2.05, 4.69) is 59.6 Å². The van der Waals surface area contributed by atoms with Crippen LogP contribution in [0.1, 0.15) is 43.6 Å². The van der Waals surface area contributed by atoms with Gasteiger partial charge in [0.25, 0.3) is 0 Å². The number of rotatable bonds is 8. The lowest BCUT2D eigenvalue weighted by Gasteiger charge is -2.19. The maximum Gasteiger partial charge on any atom is 0.191 e. The van der Waals surface area contributed by atoms with Gasteiger partial charge in [-0.15, -0.1) is 24.0 Å². The molecule has 0 saturated heterocycles. The van der Waals surface area contributed by atoms with Crippen molar-refractivity contribution in [1.82, 2.24) is 15.6 Å². The van der Waals surface area contributed by atoms with Crippen LogP contribution in [0.3, 0.4) is 0 Å². The highest BCUT2D eigenvalue weighted by molar-refractivity contribution is 14.0. The highest BCUT2D eigenvalue weighted by Gasteiger charge is 2.08. The predicted octanol–water partition coefficient (Wildman–Crippen LogP) is 4.51. The Morgan fingerprint density at radius 2 is 1.82 bits per heavy atom. The second-order valence-corrected chi connectivity index (χ2v) is 7.20. The minimum absolute atomic E-state index is 0. The van der Waals surface area contributed by atoms with Crippen LogP contribution < -0.4 is 15.4 Å². The lowest BCUT2D eigenvalue weighted by atomic mass is 10.1. The zero-order valence-electron chi connectivity index (χ0n) is 17.5. The van der Waals surface area contributed by atoms with Crippen molar-refractivity contribution < 1.29 is 4.74 Å². The van der Waals surface area contributed by atoms with Crippen LogP contribution in [-0.4, -0.2) is 31.1 Å². The first-order valence-corrected chi connectivity index (χ1v) is 9.59. The van der Waals surface area contributed by atoms with E-state index in [4.69, 9.17) is 4.74 Å². The van der Waals surface area contributed by atoms with Crippen LogP contribution in [0.5, 0.6) is 5.75 Å². The minimum atomic E-state index is 0. The predicted molar refractivity (Wildman–Crippen MR) is 128 cm³/mol. The molecule has 0 amide bonds. The number of aliphatic imine (C=N–C) groups is 1. The van der Waals surface area contributed by atoms with Crippen LogP contribution in [0.15, 0.2) is 47.6 Å². The van der Waals surface area contributed by atoms with Gasteiger partial charge in [-0.05, 0) is 55.5 Å². The SMILES string of the molecule is CN=C(NCCc1ccc(C)nc1)NC(C)c1ccc(OCC(C)C)cc1.I. The van der Waals surface area contributed by atoms with Gasteiger partial charge in [0.1, 0.15) is 5.75 Å². The van der Waals surface area contributed by atoms with Crippen molar-refractivity contribution in [1.29, 1.82) is 0 Å². The molecule has 0 aliphatic carbocycles. The third kappa shape index (κ3) is 8.46. The molecule has 1 unspecified atom stereocenters. The molecule has 154 valence electrons. The summed E-state index contributed by atoms with van der Waals surface area (Å²) in [6.45, 7) is 9.96. The van der Waals surface area contributed by atoms with Crippen LogP contribution >= 0.6 is 24.0 Å². The molecule has 2 rings (SSSR count). The summed E-state index contributed by atoms with van der Waals surface area (Å²) in [6, 6.07) is 12.5. The number of pyridine rings is 1. The summed E-state index contributed by atoms with van der Waals surface area (Å²) in [6.07, 6.45) is 2.84. The molecule has 2 aromatic rings. The number of nitrogens with zero attached hydrogens (tertiary/aromatic N) is 2. The van der Waals surface area contributed by atoms with E-state index in [0.717, 1.165) is 37.0 Å². The number of aryl methyl sites for hydroxylation is 1. The van der Waals surface area contributed by atoms with Gasteiger partial charge in [-0.1, -0.05) is 32.0 Å². The second-order valence-electron chi connectivity index (χ2n) is 7.20. The number of ether oxygens (including phenoxy) is 1. The van der Waals surface area contributed by atoms with Crippen molar-refractivity contribution in [2.24, 2.45) is 10.9 Å². The van der Waals surface area contributed by atoms with E-state index < -0.39 is 0 Å². The maximum atomic E-state index is 5.75. The Kier molecular flexibility index (Phi) is 10.9. The van der Waals surface area contributed by atoms with E-state index in [0.29, 0.717) is 5.92 Å². The topological polar surface area (TPSA) is 58.5 Å². The molecule has 0 spiro atoms. The third-order valence-electron chi connectivity index (χ3n) is 4.22. The lowest BCUT2D eigenvalue weighted by Crippen LogP contribution is -2.39. The summed E-state index contributed by atoms with van der Waals surface area (Å²) in [4.78, 5) is 8.65. The quantitative estimate of drug-likeness (QED) is 0.321. The Balaban J connectivity index is 0.00000392. The van der Waals surface area contributed by atoms with Gasteiger partial charge in [0, 0.05) is 25.5 Å². The van der Waals surface area contributed by atoms with Crippen molar-refractivity contribution in [2.75, 3.05) is 20.2 Å². The summed E-state index contributed by atoms with van der Waals surface area (Å²) < 4.78 is 5.75.